The van der Waals surface area contributed by atoms with Crippen molar-refractivity contribution >= 4 is 10.9 Å². The van der Waals surface area contributed by atoms with E-state index >= 15 is 0 Å². The molecule has 2 aromatic heterocycles. The molecule has 0 atom stereocenters. The highest BCUT2D eigenvalue weighted by Crippen LogP contribution is 2.12. The molecular weight excluding hydrogens is 131 g/mol. The second-order valence-corrected chi connectivity index (χ2v) is 2.04. The van der Waals surface area contributed by atoms with E-state index in [2.05, 4.69) is 9.97 Å². The van der Waals surface area contributed by atoms with Crippen molar-refractivity contribution in [1.29, 1.82) is 0 Å². The Balaban J connectivity index is 2.95. The largest absolute Gasteiger partial charge is 0.361 e. The number of nitrogens with zero attached hydrogens (tertiary/aromatic N) is 1. The third-order valence-corrected chi connectivity index (χ3v) is 1.43. The first-order valence-corrected chi connectivity index (χ1v) is 2.95. The minimum atomic E-state index is -0.418. The maximum atomic E-state index is 12.7. The minimum absolute atomic E-state index is 0.418. The molecule has 0 spiro atoms. The smallest absolute Gasteiger partial charge is 0.222 e. The molecule has 0 aliphatic rings. The number of fused-ring (bicyclic) bond motifs is 1. The summed E-state index contributed by atoms with van der Waals surface area (Å²) in [5.41, 5.74) is 0.785. The Morgan fingerprint density at radius 3 is 3.10 bits per heavy atom. The lowest BCUT2D eigenvalue weighted by Crippen LogP contribution is -1.79. The van der Waals surface area contributed by atoms with Crippen molar-refractivity contribution in [2.24, 2.45) is 0 Å². The zero-order valence-electron chi connectivity index (χ0n) is 5.13. The molecule has 3 heteroatoms. The standard InChI is InChI=1S/C7H5FN2/c8-7-5-1-3-9-6(5)2-4-10-7/h1-4,9H. The van der Waals surface area contributed by atoms with Gasteiger partial charge in [0.2, 0.25) is 5.95 Å². The number of aromatic amines is 1. The molecule has 2 nitrogen and oxygen atoms in total. The monoisotopic (exact) mass is 136 g/mol. The quantitative estimate of drug-likeness (QED) is 0.548. The molecule has 0 aliphatic heterocycles. The predicted molar refractivity (Wildman–Crippen MR) is 36.1 cm³/mol. The molecule has 0 saturated heterocycles. The van der Waals surface area contributed by atoms with Gasteiger partial charge in [-0.25, -0.2) is 4.98 Å². The van der Waals surface area contributed by atoms with Gasteiger partial charge < -0.3 is 4.98 Å². The number of halogens is 1. The second-order valence-electron chi connectivity index (χ2n) is 2.04. The van der Waals surface area contributed by atoms with Crippen molar-refractivity contribution in [3.63, 3.8) is 0 Å². The van der Waals surface area contributed by atoms with Gasteiger partial charge in [-0.1, -0.05) is 0 Å². The first-order valence-electron chi connectivity index (χ1n) is 2.95. The Labute approximate surface area is 56.7 Å². The van der Waals surface area contributed by atoms with Crippen molar-refractivity contribution in [3.8, 4) is 0 Å². The van der Waals surface area contributed by atoms with Gasteiger partial charge in [0.15, 0.2) is 0 Å². The van der Waals surface area contributed by atoms with Crippen LogP contribution in [-0.2, 0) is 0 Å². The molecule has 50 valence electrons. The van der Waals surface area contributed by atoms with Crippen LogP contribution in [0.1, 0.15) is 0 Å². The summed E-state index contributed by atoms with van der Waals surface area (Å²) in [5.74, 6) is -0.418. The molecule has 2 rings (SSSR count). The van der Waals surface area contributed by atoms with E-state index in [-0.39, 0.29) is 0 Å². The Morgan fingerprint density at radius 1 is 1.40 bits per heavy atom. The van der Waals surface area contributed by atoms with Gasteiger partial charge in [-0.15, -0.1) is 0 Å². The van der Waals surface area contributed by atoms with E-state index in [9.17, 15) is 4.39 Å². The van der Waals surface area contributed by atoms with Gasteiger partial charge in [0.1, 0.15) is 0 Å². The van der Waals surface area contributed by atoms with E-state index < -0.39 is 5.95 Å². The summed E-state index contributed by atoms with van der Waals surface area (Å²) in [4.78, 5) is 6.37. The van der Waals surface area contributed by atoms with Crippen LogP contribution in [-0.4, -0.2) is 9.97 Å². The molecule has 0 amide bonds. The first-order chi connectivity index (χ1) is 4.88. The molecule has 1 N–H and O–H groups in total. The van der Waals surface area contributed by atoms with Crippen LogP contribution in [0.25, 0.3) is 10.9 Å². The minimum Gasteiger partial charge on any atom is -0.361 e. The fraction of sp³-hybridized carbons (Fsp3) is 0. The lowest BCUT2D eigenvalue weighted by molar-refractivity contribution is 0.597. The van der Waals surface area contributed by atoms with E-state index in [1.807, 2.05) is 0 Å². The number of nitrogens with one attached hydrogen (secondary N) is 1. The van der Waals surface area contributed by atoms with E-state index in [0.29, 0.717) is 5.39 Å². The summed E-state index contributed by atoms with van der Waals surface area (Å²) >= 11 is 0. The van der Waals surface area contributed by atoms with Crippen molar-refractivity contribution in [2.75, 3.05) is 0 Å². The SMILES string of the molecule is Fc1nccc2[nH]ccc12. The van der Waals surface area contributed by atoms with Crippen LogP contribution in [0.15, 0.2) is 24.5 Å². The number of H-pyrrole nitrogens is 1. The van der Waals surface area contributed by atoms with Crippen LogP contribution < -0.4 is 0 Å². The lowest BCUT2D eigenvalue weighted by atomic mass is 10.3. The first kappa shape index (κ1) is 5.41. The second kappa shape index (κ2) is 1.80. The Bertz CT molecular complexity index is 353. The van der Waals surface area contributed by atoms with Crippen molar-refractivity contribution in [2.45, 2.75) is 0 Å². The highest BCUT2D eigenvalue weighted by molar-refractivity contribution is 5.78. The van der Waals surface area contributed by atoms with Crippen LogP contribution in [0.3, 0.4) is 0 Å². The third kappa shape index (κ3) is 0.603. The summed E-state index contributed by atoms with van der Waals surface area (Å²) in [6.45, 7) is 0. The molecule has 0 radical (unpaired) electrons. The van der Waals surface area contributed by atoms with Crippen molar-refractivity contribution in [1.82, 2.24) is 9.97 Å². The molecule has 0 aliphatic carbocycles. The fourth-order valence-corrected chi connectivity index (χ4v) is 0.947. The molecule has 0 aromatic carbocycles. The third-order valence-electron chi connectivity index (χ3n) is 1.43. The molecule has 0 saturated carbocycles. The summed E-state index contributed by atoms with van der Waals surface area (Å²) in [5, 5.41) is 0.544. The number of hydrogen-bond donors (Lipinski definition) is 1. The Kier molecular flexibility index (Phi) is 0.974. The van der Waals surface area contributed by atoms with Crippen LogP contribution >= 0.6 is 0 Å². The number of aromatic nitrogens is 2. The van der Waals surface area contributed by atoms with Crippen LogP contribution in [0.2, 0.25) is 0 Å². The summed E-state index contributed by atoms with van der Waals surface area (Å²) in [6.07, 6.45) is 3.13. The average Bonchev–Trinajstić information content (AvgIpc) is 2.36. The van der Waals surface area contributed by atoms with Gasteiger partial charge in [0.05, 0.1) is 10.9 Å². The zero-order valence-corrected chi connectivity index (χ0v) is 5.13. The number of rotatable bonds is 0. The maximum absolute atomic E-state index is 12.7. The number of hydrogen-bond acceptors (Lipinski definition) is 1. The number of pyridine rings is 1. The van der Waals surface area contributed by atoms with E-state index in [1.54, 1.807) is 18.3 Å². The van der Waals surface area contributed by atoms with E-state index in [0.717, 1.165) is 5.52 Å². The Hall–Kier alpha value is -1.38. The van der Waals surface area contributed by atoms with Gasteiger partial charge in [-0.3, -0.25) is 0 Å². The average molecular weight is 136 g/mol. The van der Waals surface area contributed by atoms with Crippen LogP contribution in [0.4, 0.5) is 4.39 Å². The summed E-state index contributed by atoms with van der Waals surface area (Å²) in [6, 6.07) is 3.40. The molecule has 0 bridgehead atoms. The highest BCUT2D eigenvalue weighted by Gasteiger charge is 1.98. The van der Waals surface area contributed by atoms with Crippen molar-refractivity contribution < 1.29 is 4.39 Å². The maximum Gasteiger partial charge on any atom is 0.222 e. The summed E-state index contributed by atoms with van der Waals surface area (Å²) < 4.78 is 12.7. The van der Waals surface area contributed by atoms with E-state index in [1.165, 1.54) is 6.20 Å². The molecule has 10 heavy (non-hydrogen) atoms. The van der Waals surface area contributed by atoms with Gasteiger partial charge in [0, 0.05) is 12.4 Å². The highest BCUT2D eigenvalue weighted by atomic mass is 19.1. The molecule has 2 heterocycles. The predicted octanol–water partition coefficient (Wildman–Crippen LogP) is 1.70. The summed E-state index contributed by atoms with van der Waals surface area (Å²) in [7, 11) is 0. The lowest BCUT2D eigenvalue weighted by Gasteiger charge is -1.87. The van der Waals surface area contributed by atoms with Crippen molar-refractivity contribution in [3.05, 3.63) is 30.5 Å². The molecule has 0 unspecified atom stereocenters. The topological polar surface area (TPSA) is 28.7 Å². The van der Waals surface area contributed by atoms with Crippen LogP contribution in [0.5, 0.6) is 0 Å². The zero-order chi connectivity index (χ0) is 6.97. The van der Waals surface area contributed by atoms with E-state index in [4.69, 9.17) is 0 Å². The Morgan fingerprint density at radius 2 is 2.30 bits per heavy atom. The van der Waals surface area contributed by atoms with Gasteiger partial charge >= 0.3 is 0 Å². The van der Waals surface area contributed by atoms with Crippen LogP contribution in [0, 0.1) is 5.95 Å². The molecule has 0 fully saturated rings. The molecular formula is C7H5FN2. The fourth-order valence-electron chi connectivity index (χ4n) is 0.947. The van der Waals surface area contributed by atoms with Gasteiger partial charge in [-0.05, 0) is 12.1 Å². The van der Waals surface area contributed by atoms with Gasteiger partial charge in [0.25, 0.3) is 0 Å². The normalized spacial score (nSPS) is 10.5. The molecule has 2 aromatic rings. The van der Waals surface area contributed by atoms with Gasteiger partial charge in [-0.2, -0.15) is 4.39 Å².